The van der Waals surface area contributed by atoms with Gasteiger partial charge in [-0.1, -0.05) is 36.0 Å². The standard InChI is InChI=1S/C25H31ClN4O3/c26-20-12-10-17(11-13-20)22-27-23(33-28-22)19-8-4-14-29(16-19)25(32)21-9-5-15-30(21)24(31)18-6-2-1-3-7-18/h10-13,18-19,21H,1-9,14-16H2/t19-,21+/m1/s1. The lowest BCUT2D eigenvalue weighted by Crippen LogP contribution is -2.51. The second-order valence-electron chi connectivity index (χ2n) is 9.61. The van der Waals surface area contributed by atoms with Crippen molar-refractivity contribution in [1.29, 1.82) is 0 Å². The van der Waals surface area contributed by atoms with Crippen molar-refractivity contribution >= 4 is 23.4 Å². The Kier molecular flexibility index (Phi) is 6.67. The van der Waals surface area contributed by atoms with Gasteiger partial charge in [0.25, 0.3) is 0 Å². The number of carbonyl (C=O) groups is 2. The Hall–Kier alpha value is -2.41. The molecule has 0 unspecified atom stereocenters. The normalized spacial score (nSPS) is 24.3. The van der Waals surface area contributed by atoms with Gasteiger partial charge in [0.05, 0.1) is 5.92 Å². The summed E-state index contributed by atoms with van der Waals surface area (Å²) in [5.41, 5.74) is 0.848. The van der Waals surface area contributed by atoms with Gasteiger partial charge in [-0.3, -0.25) is 9.59 Å². The third-order valence-electron chi connectivity index (χ3n) is 7.40. The molecule has 0 bridgehead atoms. The fourth-order valence-corrected chi connectivity index (χ4v) is 5.70. The fourth-order valence-electron chi connectivity index (χ4n) is 5.58. The maximum atomic E-state index is 13.5. The molecule has 0 spiro atoms. The van der Waals surface area contributed by atoms with E-state index in [1.807, 2.05) is 21.9 Å². The second kappa shape index (κ2) is 9.84. The number of hydrogen-bond acceptors (Lipinski definition) is 5. The quantitative estimate of drug-likeness (QED) is 0.648. The van der Waals surface area contributed by atoms with E-state index in [1.54, 1.807) is 12.1 Å². The number of hydrogen-bond donors (Lipinski definition) is 0. The summed E-state index contributed by atoms with van der Waals surface area (Å²) in [6.07, 6.45) is 8.86. The van der Waals surface area contributed by atoms with Gasteiger partial charge in [-0.15, -0.1) is 0 Å². The number of piperidine rings is 1. The van der Waals surface area contributed by atoms with Crippen molar-refractivity contribution in [2.24, 2.45) is 5.92 Å². The molecule has 33 heavy (non-hydrogen) atoms. The van der Waals surface area contributed by atoms with E-state index in [9.17, 15) is 9.59 Å². The molecular formula is C25H31ClN4O3. The first kappa shape index (κ1) is 22.4. The molecule has 0 N–H and O–H groups in total. The summed E-state index contributed by atoms with van der Waals surface area (Å²) in [6.45, 7) is 1.98. The maximum Gasteiger partial charge on any atom is 0.245 e. The number of aromatic nitrogens is 2. The predicted molar refractivity (Wildman–Crippen MR) is 125 cm³/mol. The Balaban J connectivity index is 1.25. The number of carbonyl (C=O) groups excluding carboxylic acids is 2. The van der Waals surface area contributed by atoms with Crippen molar-refractivity contribution in [2.75, 3.05) is 19.6 Å². The van der Waals surface area contributed by atoms with Crippen LogP contribution in [0.25, 0.3) is 11.4 Å². The van der Waals surface area contributed by atoms with Crippen LogP contribution in [0.15, 0.2) is 28.8 Å². The molecule has 0 radical (unpaired) electrons. The van der Waals surface area contributed by atoms with Crippen molar-refractivity contribution in [1.82, 2.24) is 19.9 Å². The first-order valence-corrected chi connectivity index (χ1v) is 12.7. The van der Waals surface area contributed by atoms with E-state index in [0.29, 0.717) is 29.8 Å². The second-order valence-corrected chi connectivity index (χ2v) is 10.0. The van der Waals surface area contributed by atoms with Crippen LogP contribution in [-0.2, 0) is 9.59 Å². The molecule has 8 heteroatoms. The van der Waals surface area contributed by atoms with E-state index in [0.717, 1.165) is 63.5 Å². The molecule has 2 aromatic rings. The largest absolute Gasteiger partial charge is 0.340 e. The summed E-state index contributed by atoms with van der Waals surface area (Å²) in [5, 5.41) is 4.80. The molecule has 2 atom stereocenters. The van der Waals surface area contributed by atoms with Crippen LogP contribution in [0.3, 0.4) is 0 Å². The minimum Gasteiger partial charge on any atom is -0.340 e. The average Bonchev–Trinajstić information content (AvgIpc) is 3.55. The minimum absolute atomic E-state index is 0.0140. The van der Waals surface area contributed by atoms with E-state index >= 15 is 0 Å². The van der Waals surface area contributed by atoms with Gasteiger partial charge >= 0.3 is 0 Å². The fraction of sp³-hybridized carbons (Fsp3) is 0.600. The van der Waals surface area contributed by atoms with E-state index in [1.165, 1.54) is 6.42 Å². The van der Waals surface area contributed by atoms with Crippen LogP contribution in [0.2, 0.25) is 5.02 Å². The summed E-state index contributed by atoms with van der Waals surface area (Å²) in [7, 11) is 0. The average molecular weight is 471 g/mol. The molecular weight excluding hydrogens is 440 g/mol. The summed E-state index contributed by atoms with van der Waals surface area (Å²) in [5.74, 6) is 1.50. The molecule has 5 rings (SSSR count). The van der Waals surface area contributed by atoms with Crippen LogP contribution in [0, 0.1) is 5.92 Å². The Morgan fingerprint density at radius 2 is 1.67 bits per heavy atom. The number of rotatable bonds is 4. The molecule has 1 aliphatic carbocycles. The number of halogens is 1. The van der Waals surface area contributed by atoms with E-state index in [-0.39, 0.29) is 29.7 Å². The van der Waals surface area contributed by atoms with Gasteiger partial charge in [0.1, 0.15) is 6.04 Å². The Morgan fingerprint density at radius 3 is 2.45 bits per heavy atom. The van der Waals surface area contributed by atoms with Gasteiger partial charge in [-0.05, 0) is 62.8 Å². The lowest BCUT2D eigenvalue weighted by atomic mass is 9.88. The predicted octanol–water partition coefficient (Wildman–Crippen LogP) is 4.67. The van der Waals surface area contributed by atoms with Crippen molar-refractivity contribution < 1.29 is 14.1 Å². The summed E-state index contributed by atoms with van der Waals surface area (Å²) >= 11 is 5.97. The Bertz CT molecular complexity index is 986. The van der Waals surface area contributed by atoms with Crippen molar-refractivity contribution in [3.05, 3.63) is 35.2 Å². The van der Waals surface area contributed by atoms with E-state index < -0.39 is 0 Å². The molecule has 3 fully saturated rings. The maximum absolute atomic E-state index is 13.5. The van der Waals surface area contributed by atoms with Gasteiger partial charge in [0, 0.05) is 36.1 Å². The summed E-state index contributed by atoms with van der Waals surface area (Å²) in [4.78, 5) is 35.0. The van der Waals surface area contributed by atoms with Crippen LogP contribution < -0.4 is 0 Å². The van der Waals surface area contributed by atoms with Crippen LogP contribution >= 0.6 is 11.6 Å². The van der Waals surface area contributed by atoms with Crippen molar-refractivity contribution in [3.8, 4) is 11.4 Å². The smallest absolute Gasteiger partial charge is 0.245 e. The number of benzene rings is 1. The molecule has 2 saturated heterocycles. The highest BCUT2D eigenvalue weighted by molar-refractivity contribution is 6.30. The third-order valence-corrected chi connectivity index (χ3v) is 7.65. The topological polar surface area (TPSA) is 79.5 Å². The third kappa shape index (κ3) is 4.79. The highest BCUT2D eigenvalue weighted by Gasteiger charge is 2.40. The lowest BCUT2D eigenvalue weighted by molar-refractivity contribution is -0.147. The molecule has 1 saturated carbocycles. The molecule has 1 aromatic heterocycles. The zero-order valence-corrected chi connectivity index (χ0v) is 19.7. The minimum atomic E-state index is -0.314. The van der Waals surface area contributed by atoms with Gasteiger partial charge in [-0.2, -0.15) is 4.98 Å². The summed E-state index contributed by atoms with van der Waals surface area (Å²) in [6, 6.07) is 7.02. The van der Waals surface area contributed by atoms with Crippen LogP contribution in [-0.4, -0.2) is 57.4 Å². The molecule has 2 aliphatic heterocycles. The molecule has 2 amide bonds. The Labute approximate surface area is 199 Å². The van der Waals surface area contributed by atoms with Crippen LogP contribution in [0.4, 0.5) is 0 Å². The highest BCUT2D eigenvalue weighted by Crippen LogP contribution is 2.32. The van der Waals surface area contributed by atoms with Gasteiger partial charge in [-0.25, -0.2) is 0 Å². The zero-order valence-electron chi connectivity index (χ0n) is 18.9. The Morgan fingerprint density at radius 1 is 0.909 bits per heavy atom. The SMILES string of the molecule is O=C([C@@H]1CCCN1C(=O)C1CCCCC1)N1CCC[C@@H](c2nc(-c3ccc(Cl)cc3)no2)C1. The number of likely N-dealkylation sites (tertiary alicyclic amines) is 2. The summed E-state index contributed by atoms with van der Waals surface area (Å²) < 4.78 is 5.58. The van der Waals surface area contributed by atoms with Gasteiger partial charge in [0.15, 0.2) is 0 Å². The van der Waals surface area contributed by atoms with Gasteiger partial charge in [0.2, 0.25) is 23.5 Å². The van der Waals surface area contributed by atoms with Crippen molar-refractivity contribution in [2.45, 2.75) is 69.7 Å². The van der Waals surface area contributed by atoms with Gasteiger partial charge < -0.3 is 14.3 Å². The monoisotopic (exact) mass is 470 g/mol. The van der Waals surface area contributed by atoms with Crippen molar-refractivity contribution in [3.63, 3.8) is 0 Å². The van der Waals surface area contributed by atoms with E-state index in [2.05, 4.69) is 10.1 Å². The van der Waals surface area contributed by atoms with E-state index in [4.69, 9.17) is 16.1 Å². The number of nitrogens with zero attached hydrogens (tertiary/aromatic N) is 4. The van der Waals surface area contributed by atoms with Crippen LogP contribution in [0.5, 0.6) is 0 Å². The molecule has 3 aliphatic rings. The molecule has 1 aromatic carbocycles. The first-order valence-electron chi connectivity index (χ1n) is 12.3. The zero-order chi connectivity index (χ0) is 22.8. The molecule has 3 heterocycles. The molecule has 7 nitrogen and oxygen atoms in total. The first-order chi connectivity index (χ1) is 16.1. The van der Waals surface area contributed by atoms with Crippen LogP contribution in [0.1, 0.15) is 69.6 Å². The lowest BCUT2D eigenvalue weighted by Gasteiger charge is -2.36. The number of amides is 2. The molecule has 176 valence electrons. The highest BCUT2D eigenvalue weighted by atomic mass is 35.5.